The van der Waals surface area contributed by atoms with E-state index in [1.807, 2.05) is 25.7 Å². The minimum atomic E-state index is -0.454. The van der Waals surface area contributed by atoms with Gasteiger partial charge in [-0.1, -0.05) is 6.08 Å². The van der Waals surface area contributed by atoms with Crippen LogP contribution in [0.1, 0.15) is 52.9 Å². The minimum absolute atomic E-state index is 0.202. The number of nitriles is 1. The monoisotopic (exact) mass is 276 g/mol. The standard InChI is InChI=1S/C16H24N2O2/c1-16(2,3)20-15(19)18-9-5-8-14(18)13-7-4-6-12(10-13)11-17/h10,13-14H,4-9H2,1-3H3/t13?,14-/m0/s1. The van der Waals surface area contributed by atoms with Gasteiger partial charge in [0.15, 0.2) is 0 Å². The third-order valence-corrected chi connectivity index (χ3v) is 3.96. The van der Waals surface area contributed by atoms with Crippen LogP contribution in [-0.4, -0.2) is 29.2 Å². The van der Waals surface area contributed by atoms with Crippen molar-refractivity contribution < 1.29 is 9.53 Å². The van der Waals surface area contributed by atoms with Crippen molar-refractivity contribution in [1.82, 2.24) is 4.90 Å². The molecule has 2 atom stereocenters. The average molecular weight is 276 g/mol. The van der Waals surface area contributed by atoms with Gasteiger partial charge in [-0.2, -0.15) is 5.26 Å². The summed E-state index contributed by atoms with van der Waals surface area (Å²) in [6.45, 7) is 6.45. The molecule has 0 bridgehead atoms. The normalized spacial score (nSPS) is 26.9. The van der Waals surface area contributed by atoms with Crippen molar-refractivity contribution in [1.29, 1.82) is 5.26 Å². The van der Waals surface area contributed by atoms with Gasteiger partial charge in [-0.25, -0.2) is 4.79 Å². The molecule has 0 spiro atoms. The van der Waals surface area contributed by atoms with E-state index in [-0.39, 0.29) is 12.1 Å². The smallest absolute Gasteiger partial charge is 0.410 e. The Hall–Kier alpha value is -1.50. The van der Waals surface area contributed by atoms with E-state index >= 15 is 0 Å². The molecule has 1 saturated heterocycles. The molecule has 1 aliphatic carbocycles. The number of carbonyl (C=O) groups is 1. The van der Waals surface area contributed by atoms with Crippen molar-refractivity contribution in [2.75, 3.05) is 6.54 Å². The van der Waals surface area contributed by atoms with E-state index in [1.165, 1.54) is 0 Å². The van der Waals surface area contributed by atoms with E-state index in [9.17, 15) is 4.79 Å². The van der Waals surface area contributed by atoms with Crippen LogP contribution in [0.15, 0.2) is 11.6 Å². The lowest BCUT2D eigenvalue weighted by molar-refractivity contribution is 0.0189. The molecule has 0 N–H and O–H groups in total. The topological polar surface area (TPSA) is 53.3 Å². The first-order chi connectivity index (χ1) is 9.40. The maximum Gasteiger partial charge on any atom is 0.410 e. The van der Waals surface area contributed by atoms with Crippen LogP contribution in [0.5, 0.6) is 0 Å². The molecule has 0 radical (unpaired) electrons. The Kier molecular flexibility index (Phi) is 4.37. The van der Waals surface area contributed by atoms with E-state index < -0.39 is 5.60 Å². The van der Waals surface area contributed by atoms with Gasteiger partial charge in [-0.3, -0.25) is 0 Å². The highest BCUT2D eigenvalue weighted by molar-refractivity contribution is 5.69. The highest BCUT2D eigenvalue weighted by atomic mass is 16.6. The third kappa shape index (κ3) is 3.53. The summed E-state index contributed by atoms with van der Waals surface area (Å²) in [6.07, 6.45) is 6.90. The summed E-state index contributed by atoms with van der Waals surface area (Å²) in [5, 5.41) is 9.06. The summed E-state index contributed by atoms with van der Waals surface area (Å²) >= 11 is 0. The SMILES string of the molecule is CC(C)(C)OC(=O)N1CCC[C@H]1C1C=C(C#N)CCC1. The molecule has 1 unspecified atom stereocenters. The Morgan fingerprint density at radius 2 is 2.15 bits per heavy atom. The third-order valence-electron chi connectivity index (χ3n) is 3.96. The molecule has 0 saturated carbocycles. The fourth-order valence-electron chi connectivity index (χ4n) is 3.13. The maximum absolute atomic E-state index is 12.3. The van der Waals surface area contributed by atoms with Gasteiger partial charge in [0.05, 0.1) is 6.07 Å². The van der Waals surface area contributed by atoms with Gasteiger partial charge in [-0.15, -0.1) is 0 Å². The molecule has 1 amide bonds. The number of allylic oxidation sites excluding steroid dienone is 1. The zero-order chi connectivity index (χ0) is 14.8. The van der Waals surface area contributed by atoms with Crippen molar-refractivity contribution in [2.24, 2.45) is 5.92 Å². The molecule has 2 aliphatic rings. The van der Waals surface area contributed by atoms with Gasteiger partial charge in [0, 0.05) is 18.2 Å². The summed E-state index contributed by atoms with van der Waals surface area (Å²) in [5.41, 5.74) is 0.419. The lowest BCUT2D eigenvalue weighted by Crippen LogP contribution is -2.43. The lowest BCUT2D eigenvalue weighted by atomic mass is 9.85. The molecule has 1 heterocycles. The first-order valence-electron chi connectivity index (χ1n) is 7.51. The van der Waals surface area contributed by atoms with Crippen molar-refractivity contribution in [2.45, 2.75) is 64.5 Å². The highest BCUT2D eigenvalue weighted by Crippen LogP contribution is 2.33. The van der Waals surface area contributed by atoms with Crippen LogP contribution >= 0.6 is 0 Å². The molecule has 4 nitrogen and oxygen atoms in total. The van der Waals surface area contributed by atoms with Crippen LogP contribution in [0.2, 0.25) is 0 Å². The zero-order valence-electron chi connectivity index (χ0n) is 12.7. The quantitative estimate of drug-likeness (QED) is 0.734. The number of carbonyl (C=O) groups excluding carboxylic acids is 1. The first-order valence-corrected chi connectivity index (χ1v) is 7.51. The largest absolute Gasteiger partial charge is 0.444 e. The number of likely N-dealkylation sites (tertiary alicyclic amines) is 1. The molecule has 1 fully saturated rings. The van der Waals surface area contributed by atoms with Crippen LogP contribution in [-0.2, 0) is 4.74 Å². The fraction of sp³-hybridized carbons (Fsp3) is 0.750. The molecular formula is C16H24N2O2. The van der Waals surface area contributed by atoms with E-state index in [0.29, 0.717) is 5.92 Å². The van der Waals surface area contributed by atoms with Crippen LogP contribution in [0, 0.1) is 17.2 Å². The number of hydrogen-bond donors (Lipinski definition) is 0. The molecule has 1 aliphatic heterocycles. The van der Waals surface area contributed by atoms with Crippen LogP contribution in [0.25, 0.3) is 0 Å². The first kappa shape index (κ1) is 14.9. The Morgan fingerprint density at radius 3 is 2.80 bits per heavy atom. The van der Waals surface area contributed by atoms with Gasteiger partial charge in [-0.05, 0) is 58.8 Å². The summed E-state index contributed by atoms with van der Waals surface area (Å²) in [5.74, 6) is 0.313. The number of rotatable bonds is 1. The molecule has 2 rings (SSSR count). The van der Waals surface area contributed by atoms with Gasteiger partial charge >= 0.3 is 6.09 Å². The Labute approximate surface area is 121 Å². The second-order valence-electron chi connectivity index (χ2n) is 6.74. The highest BCUT2D eigenvalue weighted by Gasteiger charge is 2.36. The minimum Gasteiger partial charge on any atom is -0.444 e. The zero-order valence-corrected chi connectivity index (χ0v) is 12.7. The van der Waals surface area contributed by atoms with E-state index in [1.54, 1.807) is 0 Å². The van der Waals surface area contributed by atoms with E-state index in [2.05, 4.69) is 12.1 Å². The lowest BCUT2D eigenvalue weighted by Gasteiger charge is -2.33. The van der Waals surface area contributed by atoms with Gasteiger partial charge < -0.3 is 9.64 Å². The molecule has 0 aromatic rings. The average Bonchev–Trinajstić information content (AvgIpc) is 2.86. The van der Waals surface area contributed by atoms with Crippen LogP contribution in [0.3, 0.4) is 0 Å². The van der Waals surface area contributed by atoms with Crippen molar-refractivity contribution in [3.8, 4) is 6.07 Å². The Bertz CT molecular complexity index is 442. The maximum atomic E-state index is 12.3. The number of amides is 1. The number of hydrogen-bond acceptors (Lipinski definition) is 3. The molecule has 110 valence electrons. The predicted molar refractivity (Wildman–Crippen MR) is 77.0 cm³/mol. The van der Waals surface area contributed by atoms with Crippen molar-refractivity contribution in [3.63, 3.8) is 0 Å². The van der Waals surface area contributed by atoms with E-state index in [0.717, 1.165) is 44.2 Å². The second-order valence-corrected chi connectivity index (χ2v) is 6.74. The molecule has 0 aromatic heterocycles. The molecular weight excluding hydrogens is 252 g/mol. The fourth-order valence-corrected chi connectivity index (χ4v) is 3.13. The summed E-state index contributed by atoms with van der Waals surface area (Å²) in [4.78, 5) is 14.2. The van der Waals surface area contributed by atoms with Gasteiger partial charge in [0.2, 0.25) is 0 Å². The predicted octanol–water partition coefficient (Wildman–Crippen LogP) is 3.64. The molecule has 0 aromatic carbocycles. The van der Waals surface area contributed by atoms with Crippen molar-refractivity contribution >= 4 is 6.09 Å². The summed E-state index contributed by atoms with van der Waals surface area (Å²) < 4.78 is 5.50. The summed E-state index contributed by atoms with van der Waals surface area (Å²) in [6, 6.07) is 2.47. The summed E-state index contributed by atoms with van der Waals surface area (Å²) in [7, 11) is 0. The van der Waals surface area contributed by atoms with Gasteiger partial charge in [0.25, 0.3) is 0 Å². The van der Waals surface area contributed by atoms with Crippen LogP contribution in [0.4, 0.5) is 4.79 Å². The van der Waals surface area contributed by atoms with Crippen LogP contribution < -0.4 is 0 Å². The Balaban J connectivity index is 2.08. The van der Waals surface area contributed by atoms with Crippen molar-refractivity contribution in [3.05, 3.63) is 11.6 Å². The molecule has 4 heteroatoms. The molecule has 20 heavy (non-hydrogen) atoms. The van der Waals surface area contributed by atoms with Gasteiger partial charge in [0.1, 0.15) is 5.60 Å². The Morgan fingerprint density at radius 1 is 1.40 bits per heavy atom. The second kappa shape index (κ2) is 5.87. The van der Waals surface area contributed by atoms with E-state index in [4.69, 9.17) is 10.00 Å². The number of nitrogens with zero attached hydrogens (tertiary/aromatic N) is 2. The number of ether oxygens (including phenoxy) is 1.